The molecule has 0 saturated heterocycles. The van der Waals surface area contributed by atoms with Gasteiger partial charge in [0.05, 0.1) is 17.1 Å². The topological polar surface area (TPSA) is 72.7 Å². The number of aromatic nitrogens is 4. The van der Waals surface area contributed by atoms with E-state index in [1.165, 1.54) is 29.8 Å². The lowest BCUT2D eigenvalue weighted by atomic mass is 10.2. The van der Waals surface area contributed by atoms with E-state index in [0.29, 0.717) is 27.0 Å². The maximum atomic E-state index is 13.1. The van der Waals surface area contributed by atoms with Crippen molar-refractivity contribution in [3.63, 3.8) is 0 Å². The van der Waals surface area contributed by atoms with Gasteiger partial charge in [0, 0.05) is 5.56 Å². The third-order valence-corrected chi connectivity index (χ3v) is 5.12. The van der Waals surface area contributed by atoms with E-state index in [2.05, 4.69) is 20.4 Å². The Morgan fingerprint density at radius 2 is 1.93 bits per heavy atom. The van der Waals surface area contributed by atoms with Gasteiger partial charge in [-0.3, -0.25) is 4.79 Å². The van der Waals surface area contributed by atoms with Gasteiger partial charge in [0.25, 0.3) is 5.91 Å². The van der Waals surface area contributed by atoms with Crippen molar-refractivity contribution in [1.29, 1.82) is 0 Å². The Balaban J connectivity index is 1.62. The Kier molecular flexibility index (Phi) is 4.47. The third kappa shape index (κ3) is 3.47. The van der Waals surface area contributed by atoms with Gasteiger partial charge in [-0.2, -0.15) is 5.10 Å². The van der Waals surface area contributed by atoms with E-state index < -0.39 is 0 Å². The smallest absolute Gasteiger partial charge is 0.267 e. The number of nitrogens with zero attached hydrogens (tertiary/aromatic N) is 4. The molecule has 0 aliphatic carbocycles. The predicted octanol–water partition coefficient (Wildman–Crippen LogP) is 4.09. The second kappa shape index (κ2) is 7.08. The SMILES string of the molecule is Cc1nc(-c2ccc(F)cc2)sc1C(=O)Nc1ccccc1-n1cncn1. The molecule has 0 fully saturated rings. The summed E-state index contributed by atoms with van der Waals surface area (Å²) >= 11 is 1.27. The fraction of sp³-hybridized carbons (Fsp3) is 0.0526. The van der Waals surface area contributed by atoms with E-state index in [-0.39, 0.29) is 11.7 Å². The van der Waals surface area contributed by atoms with E-state index in [1.54, 1.807) is 36.1 Å². The van der Waals surface area contributed by atoms with Crippen molar-refractivity contribution in [3.05, 3.63) is 77.6 Å². The Hall–Kier alpha value is -3.39. The van der Waals surface area contributed by atoms with Crippen molar-refractivity contribution in [3.8, 4) is 16.3 Å². The van der Waals surface area contributed by atoms with E-state index in [0.717, 1.165) is 5.56 Å². The summed E-state index contributed by atoms with van der Waals surface area (Å²) in [5, 5.41) is 7.69. The number of thiazole rings is 1. The number of nitrogens with one attached hydrogen (secondary N) is 1. The Bertz CT molecular complexity index is 1090. The summed E-state index contributed by atoms with van der Waals surface area (Å²) in [5.74, 6) is -0.569. The summed E-state index contributed by atoms with van der Waals surface area (Å²) in [6, 6.07) is 13.4. The van der Waals surface area contributed by atoms with Gasteiger partial charge in [-0.1, -0.05) is 12.1 Å². The minimum atomic E-state index is -0.310. The third-order valence-electron chi connectivity index (χ3n) is 3.91. The van der Waals surface area contributed by atoms with Gasteiger partial charge in [0.2, 0.25) is 0 Å². The van der Waals surface area contributed by atoms with E-state index in [9.17, 15) is 9.18 Å². The minimum absolute atomic E-state index is 0.258. The predicted molar refractivity (Wildman–Crippen MR) is 102 cm³/mol. The van der Waals surface area contributed by atoms with Gasteiger partial charge in [-0.05, 0) is 43.3 Å². The molecule has 0 unspecified atom stereocenters. The van der Waals surface area contributed by atoms with Crippen molar-refractivity contribution in [2.24, 2.45) is 0 Å². The molecule has 0 spiro atoms. The molecule has 0 radical (unpaired) electrons. The molecule has 4 rings (SSSR count). The maximum absolute atomic E-state index is 13.1. The highest BCUT2D eigenvalue weighted by Gasteiger charge is 2.18. The standard InChI is InChI=1S/C19H14FN5OS/c1-12-17(27-19(23-12)13-6-8-14(20)9-7-13)18(26)24-15-4-2-3-5-16(15)25-11-21-10-22-25/h2-11H,1H3,(H,24,26). The van der Waals surface area contributed by atoms with Crippen LogP contribution in [0.3, 0.4) is 0 Å². The van der Waals surface area contributed by atoms with Crippen LogP contribution >= 0.6 is 11.3 Å². The lowest BCUT2D eigenvalue weighted by molar-refractivity contribution is 0.103. The zero-order valence-electron chi connectivity index (χ0n) is 14.3. The Morgan fingerprint density at radius 1 is 1.15 bits per heavy atom. The zero-order valence-corrected chi connectivity index (χ0v) is 15.1. The largest absolute Gasteiger partial charge is 0.319 e. The lowest BCUT2D eigenvalue weighted by Crippen LogP contribution is -2.13. The number of benzene rings is 2. The molecule has 6 nitrogen and oxygen atoms in total. The highest BCUT2D eigenvalue weighted by molar-refractivity contribution is 7.17. The highest BCUT2D eigenvalue weighted by atomic mass is 32.1. The number of carbonyl (C=O) groups excluding carboxylic acids is 1. The summed E-state index contributed by atoms with van der Waals surface area (Å²) in [4.78, 5) is 21.7. The van der Waals surface area contributed by atoms with Crippen LogP contribution in [0.4, 0.5) is 10.1 Å². The van der Waals surface area contributed by atoms with Crippen molar-refractivity contribution in [2.75, 3.05) is 5.32 Å². The molecule has 134 valence electrons. The van der Waals surface area contributed by atoms with Crippen LogP contribution in [0.2, 0.25) is 0 Å². The molecule has 0 aliphatic heterocycles. The molecule has 2 aromatic heterocycles. The van der Waals surface area contributed by atoms with Gasteiger partial charge in [0.1, 0.15) is 28.4 Å². The number of para-hydroxylation sites is 2. The van der Waals surface area contributed by atoms with E-state index in [1.807, 2.05) is 18.2 Å². The quantitative estimate of drug-likeness (QED) is 0.580. The van der Waals surface area contributed by atoms with Crippen molar-refractivity contribution < 1.29 is 9.18 Å². The molecule has 0 bridgehead atoms. The normalized spacial score (nSPS) is 10.7. The van der Waals surface area contributed by atoms with Gasteiger partial charge in [0.15, 0.2) is 0 Å². The maximum Gasteiger partial charge on any atom is 0.267 e. The molecule has 0 atom stereocenters. The molecule has 1 N–H and O–H groups in total. The number of rotatable bonds is 4. The fourth-order valence-electron chi connectivity index (χ4n) is 2.61. The minimum Gasteiger partial charge on any atom is -0.319 e. The monoisotopic (exact) mass is 379 g/mol. The summed E-state index contributed by atoms with van der Waals surface area (Å²) in [7, 11) is 0. The lowest BCUT2D eigenvalue weighted by Gasteiger charge is -2.10. The second-order valence-electron chi connectivity index (χ2n) is 5.75. The number of anilines is 1. The van der Waals surface area contributed by atoms with Crippen molar-refractivity contribution in [2.45, 2.75) is 6.92 Å². The number of amides is 1. The van der Waals surface area contributed by atoms with Crippen LogP contribution in [0.5, 0.6) is 0 Å². The first-order valence-corrected chi connectivity index (χ1v) is 8.92. The zero-order chi connectivity index (χ0) is 18.8. The Labute approximate surface area is 158 Å². The summed E-state index contributed by atoms with van der Waals surface area (Å²) in [5.41, 5.74) is 2.72. The van der Waals surface area contributed by atoms with Gasteiger partial charge in [-0.25, -0.2) is 19.0 Å². The van der Waals surface area contributed by atoms with Crippen LogP contribution < -0.4 is 5.32 Å². The van der Waals surface area contributed by atoms with Crippen LogP contribution in [0.25, 0.3) is 16.3 Å². The molecule has 27 heavy (non-hydrogen) atoms. The molecule has 0 saturated carbocycles. The Morgan fingerprint density at radius 3 is 2.67 bits per heavy atom. The molecule has 0 aliphatic rings. The van der Waals surface area contributed by atoms with Gasteiger partial charge in [-0.15, -0.1) is 11.3 Å². The summed E-state index contributed by atoms with van der Waals surface area (Å²) in [6.45, 7) is 1.78. The van der Waals surface area contributed by atoms with Crippen LogP contribution in [0.1, 0.15) is 15.4 Å². The second-order valence-corrected chi connectivity index (χ2v) is 6.75. The average Bonchev–Trinajstić information content (AvgIpc) is 3.33. The van der Waals surface area contributed by atoms with Crippen LogP contribution in [0.15, 0.2) is 61.2 Å². The molecular formula is C19H14FN5OS. The van der Waals surface area contributed by atoms with Crippen molar-refractivity contribution in [1.82, 2.24) is 19.7 Å². The molecule has 1 amide bonds. The highest BCUT2D eigenvalue weighted by Crippen LogP contribution is 2.29. The number of halogens is 1. The van der Waals surface area contributed by atoms with Crippen LogP contribution in [-0.2, 0) is 0 Å². The van der Waals surface area contributed by atoms with E-state index >= 15 is 0 Å². The van der Waals surface area contributed by atoms with Crippen LogP contribution in [0, 0.1) is 12.7 Å². The molecule has 2 aromatic carbocycles. The van der Waals surface area contributed by atoms with E-state index in [4.69, 9.17) is 0 Å². The number of hydrogen-bond donors (Lipinski definition) is 1. The average molecular weight is 379 g/mol. The van der Waals surface area contributed by atoms with Crippen molar-refractivity contribution >= 4 is 22.9 Å². The van der Waals surface area contributed by atoms with Gasteiger partial charge >= 0.3 is 0 Å². The first kappa shape index (κ1) is 17.0. The van der Waals surface area contributed by atoms with Gasteiger partial charge < -0.3 is 5.32 Å². The first-order chi connectivity index (χ1) is 13.1. The molecule has 8 heteroatoms. The molecular weight excluding hydrogens is 365 g/mol. The number of carbonyl (C=O) groups is 1. The summed E-state index contributed by atoms with van der Waals surface area (Å²) in [6.07, 6.45) is 3.00. The summed E-state index contributed by atoms with van der Waals surface area (Å²) < 4.78 is 14.7. The number of aryl methyl sites for hydroxylation is 1. The fourth-order valence-corrected chi connectivity index (χ4v) is 3.58. The number of hydrogen-bond acceptors (Lipinski definition) is 5. The first-order valence-electron chi connectivity index (χ1n) is 8.10. The molecule has 4 aromatic rings. The van der Waals surface area contributed by atoms with Crippen LogP contribution in [-0.4, -0.2) is 25.7 Å². The molecule has 2 heterocycles.